The third-order valence-electron chi connectivity index (χ3n) is 3.88. The van der Waals surface area contributed by atoms with E-state index in [1.165, 1.54) is 24.3 Å². The van der Waals surface area contributed by atoms with Crippen molar-refractivity contribution in [2.24, 2.45) is 0 Å². The van der Waals surface area contributed by atoms with E-state index < -0.39 is 11.1 Å². The van der Waals surface area contributed by atoms with Gasteiger partial charge in [-0.05, 0) is 48.5 Å². The quantitative estimate of drug-likeness (QED) is 0.292. The van der Waals surface area contributed by atoms with Crippen LogP contribution in [0.15, 0.2) is 109 Å². The predicted molar refractivity (Wildman–Crippen MR) is 124 cm³/mol. The maximum absolute atomic E-state index is 8.13. The van der Waals surface area contributed by atoms with Crippen molar-refractivity contribution in [3.05, 3.63) is 109 Å². The van der Waals surface area contributed by atoms with Crippen LogP contribution in [0.4, 0.5) is 0 Å². The smallest absolute Gasteiger partial charge is 0.158 e. The Labute approximate surface area is 218 Å². The molecule has 0 aliphatic rings. The summed E-state index contributed by atoms with van der Waals surface area (Å²) < 4.78 is 0. The molecule has 164 valence electrons. The number of allylic oxidation sites excluding steroid dienone is 2. The Hall–Kier alpha value is -4.99. The van der Waals surface area contributed by atoms with Gasteiger partial charge in [-0.15, -0.1) is 0 Å². The summed E-state index contributed by atoms with van der Waals surface area (Å²) in [6.45, 7) is 0. The van der Waals surface area contributed by atoms with E-state index in [9.17, 15) is 0 Å². The Morgan fingerprint density at radius 1 is 0.429 bits per heavy atom. The summed E-state index contributed by atoms with van der Waals surface area (Å²) in [5, 5.41) is 32.5. The van der Waals surface area contributed by atoms with Crippen LogP contribution in [0.2, 0.25) is 0 Å². The van der Waals surface area contributed by atoms with Gasteiger partial charge in [0.05, 0.1) is 22.8 Å². The fourth-order valence-electron chi connectivity index (χ4n) is 2.33. The van der Waals surface area contributed by atoms with Crippen LogP contribution in [-0.2, 0) is 21.7 Å². The Bertz CT molecular complexity index is 1150. The Morgan fingerprint density at radius 3 is 0.800 bits per heavy atom. The van der Waals surface area contributed by atoms with Crippen LogP contribution >= 0.6 is 0 Å². The van der Waals surface area contributed by atoms with Crippen LogP contribution in [0, 0.1) is 45.3 Å². The molecule has 0 aliphatic heterocycles. The molecule has 0 bridgehead atoms. The summed E-state index contributed by atoms with van der Waals surface area (Å²) in [7, 11) is 0. The van der Waals surface area contributed by atoms with Gasteiger partial charge in [0, 0.05) is 46.5 Å². The monoisotopic (exact) mass is 488 g/mol. The zero-order chi connectivity index (χ0) is 24.4. The first-order valence-electron chi connectivity index (χ1n) is 9.73. The van der Waals surface area contributed by atoms with Crippen LogP contribution in [0.5, 0.6) is 0 Å². The first kappa shape index (κ1) is 28.0. The van der Waals surface area contributed by atoms with Gasteiger partial charge in [-0.25, -0.2) is 0 Å². The van der Waals surface area contributed by atoms with Crippen molar-refractivity contribution < 1.29 is 21.7 Å². The van der Waals surface area contributed by atoms with E-state index in [4.69, 9.17) is 21.0 Å². The molecule has 0 radical (unpaired) electrons. The van der Waals surface area contributed by atoms with Crippen molar-refractivity contribution in [3.8, 4) is 47.1 Å². The summed E-state index contributed by atoms with van der Waals surface area (Å²) in [6.07, 6.45) is 7.07. The molecule has 0 aliphatic carbocycles. The number of nitriles is 4. The summed E-state index contributed by atoms with van der Waals surface area (Å²) in [6, 6.07) is 28.9. The molecule has 0 amide bonds. The third kappa shape index (κ3) is 9.58. The van der Waals surface area contributed by atoms with Gasteiger partial charge in [-0.2, -0.15) is 21.0 Å². The molecule has 8 nitrogen and oxygen atoms in total. The molecule has 35 heavy (non-hydrogen) atoms. The molecule has 0 saturated carbocycles. The van der Waals surface area contributed by atoms with E-state index in [-0.39, 0.29) is 21.7 Å². The number of pyridine rings is 4. The van der Waals surface area contributed by atoms with Crippen molar-refractivity contribution >= 4 is 0 Å². The number of hydrogen-bond donors (Lipinski definition) is 0. The van der Waals surface area contributed by atoms with Crippen LogP contribution in [0.1, 0.15) is 0 Å². The van der Waals surface area contributed by atoms with Crippen molar-refractivity contribution in [1.29, 1.82) is 21.0 Å². The van der Waals surface area contributed by atoms with Crippen LogP contribution in [-0.4, -0.2) is 19.9 Å². The van der Waals surface area contributed by atoms with E-state index in [1.807, 2.05) is 72.8 Å². The molecule has 4 heterocycles. The van der Waals surface area contributed by atoms with E-state index in [0.29, 0.717) is 0 Å². The minimum absolute atomic E-state index is 0. The van der Waals surface area contributed by atoms with Crippen molar-refractivity contribution in [1.82, 2.24) is 19.9 Å². The average Bonchev–Trinajstić information content (AvgIpc) is 2.94. The molecule has 0 fully saturated rings. The Morgan fingerprint density at radius 2 is 0.657 bits per heavy atom. The van der Waals surface area contributed by atoms with E-state index in [1.54, 1.807) is 24.8 Å². The largest absolute Gasteiger partial charge is 0.255 e. The normalized spacial score (nSPS) is 8.23. The summed E-state index contributed by atoms with van der Waals surface area (Å²) in [5.74, 6) is 0. The molecule has 0 saturated heterocycles. The molecular weight excluding hydrogens is 472 g/mol. The van der Waals surface area contributed by atoms with Crippen LogP contribution in [0.3, 0.4) is 0 Å². The second-order valence-corrected chi connectivity index (χ2v) is 6.06. The number of hydrogen-bond acceptors (Lipinski definition) is 8. The van der Waals surface area contributed by atoms with Gasteiger partial charge in [0.25, 0.3) is 0 Å². The third-order valence-corrected chi connectivity index (χ3v) is 3.88. The number of aromatic nitrogens is 4. The molecule has 0 atom stereocenters. The minimum atomic E-state index is -0.440. The molecular formula is C26H16N8Ti. The van der Waals surface area contributed by atoms with Gasteiger partial charge in [0.2, 0.25) is 0 Å². The number of rotatable bonds is 2. The van der Waals surface area contributed by atoms with E-state index in [0.717, 1.165) is 22.8 Å². The zero-order valence-corrected chi connectivity index (χ0v) is 19.9. The second-order valence-electron chi connectivity index (χ2n) is 6.06. The Kier molecular flexibility index (Phi) is 13.3. The molecule has 0 aromatic carbocycles. The van der Waals surface area contributed by atoms with Crippen LogP contribution < -0.4 is 0 Å². The van der Waals surface area contributed by atoms with Gasteiger partial charge >= 0.3 is 0 Å². The van der Waals surface area contributed by atoms with Crippen LogP contribution in [0.25, 0.3) is 22.8 Å². The maximum atomic E-state index is 8.13. The first-order chi connectivity index (χ1) is 16.7. The van der Waals surface area contributed by atoms with E-state index >= 15 is 0 Å². The predicted octanol–water partition coefficient (Wildman–Crippen LogP) is 4.66. The zero-order valence-electron chi connectivity index (χ0n) is 18.3. The topological polar surface area (TPSA) is 147 Å². The summed E-state index contributed by atoms with van der Waals surface area (Å²) in [4.78, 5) is 16.7. The molecule has 0 unspecified atom stereocenters. The fraction of sp³-hybridized carbons (Fsp3) is 0. The molecule has 4 aromatic rings. The Balaban J connectivity index is 0.000000261. The molecule has 0 spiro atoms. The first-order valence-corrected chi connectivity index (χ1v) is 9.73. The average molecular weight is 488 g/mol. The van der Waals surface area contributed by atoms with Gasteiger partial charge in [-0.3, -0.25) is 19.9 Å². The standard InChI is InChI=1S/2C10H8N2.C6N4.Ti/c2*1-3-7-11-9(5-1)10-6-2-4-8-12-10;7-1-5(2-8)6(3-9)4-10;/h2*1-8H;;. The molecule has 4 rings (SSSR count). The van der Waals surface area contributed by atoms with Crippen molar-refractivity contribution in [3.63, 3.8) is 0 Å². The maximum Gasteiger partial charge on any atom is 0.158 e. The van der Waals surface area contributed by atoms with Crippen molar-refractivity contribution in [2.45, 2.75) is 0 Å². The molecule has 4 aromatic heterocycles. The van der Waals surface area contributed by atoms with Gasteiger partial charge < -0.3 is 0 Å². The van der Waals surface area contributed by atoms with Gasteiger partial charge in [-0.1, -0.05) is 24.3 Å². The van der Waals surface area contributed by atoms with E-state index in [2.05, 4.69) is 19.9 Å². The van der Waals surface area contributed by atoms with Crippen molar-refractivity contribution in [2.75, 3.05) is 0 Å². The SMILES string of the molecule is N#CC(C#N)=C(C#N)C#N.[Ti].c1ccc(-c2ccccn2)nc1.c1ccc(-c2ccccn2)nc1. The molecule has 0 N–H and O–H groups in total. The molecule has 9 heteroatoms. The summed E-state index contributed by atoms with van der Waals surface area (Å²) in [5.41, 5.74) is 2.78. The second kappa shape index (κ2) is 16.6. The fourth-order valence-corrected chi connectivity index (χ4v) is 2.33. The number of nitrogens with zero attached hydrogens (tertiary/aromatic N) is 8. The minimum Gasteiger partial charge on any atom is -0.255 e. The van der Waals surface area contributed by atoms with Gasteiger partial charge in [0.1, 0.15) is 24.3 Å². The van der Waals surface area contributed by atoms with Gasteiger partial charge in [0.15, 0.2) is 11.1 Å². The summed E-state index contributed by atoms with van der Waals surface area (Å²) >= 11 is 0.